The van der Waals surface area contributed by atoms with Crippen LogP contribution in [0.1, 0.15) is 16.8 Å². The lowest BCUT2D eigenvalue weighted by Crippen LogP contribution is -2.40. The lowest BCUT2D eigenvalue weighted by atomic mass is 10.0. The van der Waals surface area contributed by atoms with Gasteiger partial charge in [0.05, 0.1) is 0 Å². The van der Waals surface area contributed by atoms with E-state index < -0.39 is 17.9 Å². The van der Waals surface area contributed by atoms with E-state index in [0.717, 1.165) is 10.8 Å². The van der Waals surface area contributed by atoms with Gasteiger partial charge in [0, 0.05) is 5.56 Å². The van der Waals surface area contributed by atoms with E-state index in [1.54, 1.807) is 12.1 Å². The van der Waals surface area contributed by atoms with Crippen molar-refractivity contribution in [3.63, 3.8) is 0 Å². The number of amides is 1. The smallest absolute Gasteiger partial charge is 0.326 e. The third-order valence-electron chi connectivity index (χ3n) is 3.04. The van der Waals surface area contributed by atoms with E-state index in [9.17, 15) is 9.59 Å². The van der Waals surface area contributed by atoms with Crippen molar-refractivity contribution in [2.24, 2.45) is 0 Å². The first kappa shape index (κ1) is 13.8. The molecule has 2 aromatic carbocycles. The van der Waals surface area contributed by atoms with Crippen molar-refractivity contribution >= 4 is 22.6 Å². The van der Waals surface area contributed by atoms with Crippen molar-refractivity contribution in [2.45, 2.75) is 12.5 Å². The topological polar surface area (TPSA) is 66.4 Å². The first-order chi connectivity index (χ1) is 9.63. The summed E-state index contributed by atoms with van der Waals surface area (Å²) in [6.45, 7) is 3.50. The second-order valence-electron chi connectivity index (χ2n) is 4.42. The van der Waals surface area contributed by atoms with Gasteiger partial charge >= 0.3 is 5.97 Å². The molecule has 1 amide bonds. The number of hydrogen-bond acceptors (Lipinski definition) is 2. The van der Waals surface area contributed by atoms with E-state index in [1.165, 1.54) is 6.08 Å². The molecule has 4 nitrogen and oxygen atoms in total. The third kappa shape index (κ3) is 2.85. The Kier molecular flexibility index (Phi) is 4.15. The number of rotatable bonds is 5. The summed E-state index contributed by atoms with van der Waals surface area (Å²) in [6, 6.07) is 11.9. The van der Waals surface area contributed by atoms with Crippen molar-refractivity contribution < 1.29 is 14.7 Å². The number of fused-ring (bicyclic) bond motifs is 1. The lowest BCUT2D eigenvalue weighted by molar-refractivity contribution is -0.139. The summed E-state index contributed by atoms with van der Waals surface area (Å²) in [4.78, 5) is 23.3. The van der Waals surface area contributed by atoms with Crippen LogP contribution in [0.15, 0.2) is 55.1 Å². The summed E-state index contributed by atoms with van der Waals surface area (Å²) in [5.41, 5.74) is 0.471. The average Bonchev–Trinajstić information content (AvgIpc) is 2.46. The molecule has 0 radical (unpaired) electrons. The van der Waals surface area contributed by atoms with Crippen LogP contribution in [0, 0.1) is 0 Å². The fraction of sp³-hybridized carbons (Fsp3) is 0.125. The van der Waals surface area contributed by atoms with Crippen LogP contribution < -0.4 is 5.32 Å². The number of carboxylic acid groups (broad SMARTS) is 1. The molecular weight excluding hydrogens is 254 g/mol. The van der Waals surface area contributed by atoms with Crippen molar-refractivity contribution in [1.82, 2.24) is 5.32 Å². The van der Waals surface area contributed by atoms with E-state index in [1.807, 2.05) is 30.3 Å². The van der Waals surface area contributed by atoms with Crippen LogP contribution in [0.5, 0.6) is 0 Å². The highest BCUT2D eigenvalue weighted by atomic mass is 16.4. The largest absolute Gasteiger partial charge is 0.480 e. The van der Waals surface area contributed by atoms with Gasteiger partial charge in [0.15, 0.2) is 0 Å². The van der Waals surface area contributed by atoms with Gasteiger partial charge in [0.25, 0.3) is 5.91 Å². The molecule has 2 aromatic rings. The van der Waals surface area contributed by atoms with Crippen molar-refractivity contribution in [1.29, 1.82) is 0 Å². The molecule has 0 aromatic heterocycles. The molecule has 102 valence electrons. The normalized spacial score (nSPS) is 11.8. The Balaban J connectivity index is 2.31. The zero-order chi connectivity index (χ0) is 14.5. The van der Waals surface area contributed by atoms with Crippen molar-refractivity contribution in [2.75, 3.05) is 0 Å². The Hall–Kier alpha value is -2.62. The zero-order valence-corrected chi connectivity index (χ0v) is 10.9. The number of hydrogen-bond donors (Lipinski definition) is 2. The highest BCUT2D eigenvalue weighted by Crippen LogP contribution is 2.18. The van der Waals surface area contributed by atoms with Crippen LogP contribution >= 0.6 is 0 Å². The molecule has 2 rings (SSSR count). The van der Waals surface area contributed by atoms with Gasteiger partial charge in [-0.1, -0.05) is 42.5 Å². The monoisotopic (exact) mass is 269 g/mol. The van der Waals surface area contributed by atoms with E-state index in [2.05, 4.69) is 11.9 Å². The lowest BCUT2D eigenvalue weighted by Gasteiger charge is -2.13. The Bertz CT molecular complexity index is 658. The Labute approximate surface area is 116 Å². The molecule has 0 saturated carbocycles. The van der Waals surface area contributed by atoms with Gasteiger partial charge in [-0.15, -0.1) is 6.58 Å². The van der Waals surface area contributed by atoms with Crippen molar-refractivity contribution in [3.8, 4) is 0 Å². The summed E-state index contributed by atoms with van der Waals surface area (Å²) in [6.07, 6.45) is 1.66. The first-order valence-electron chi connectivity index (χ1n) is 6.26. The SMILES string of the molecule is C=CC[C@H](NC(=O)c1cccc2ccccc12)C(=O)O. The minimum Gasteiger partial charge on any atom is -0.480 e. The summed E-state index contributed by atoms with van der Waals surface area (Å²) in [5.74, 6) is -1.46. The van der Waals surface area contributed by atoms with E-state index in [-0.39, 0.29) is 6.42 Å². The molecule has 0 heterocycles. The van der Waals surface area contributed by atoms with Gasteiger partial charge in [-0.3, -0.25) is 4.79 Å². The molecule has 0 bridgehead atoms. The summed E-state index contributed by atoms with van der Waals surface area (Å²) >= 11 is 0. The Morgan fingerprint density at radius 2 is 1.90 bits per heavy atom. The molecular formula is C16H15NO3. The first-order valence-corrected chi connectivity index (χ1v) is 6.26. The van der Waals surface area contributed by atoms with Gasteiger partial charge in [-0.05, 0) is 23.3 Å². The Morgan fingerprint density at radius 3 is 2.60 bits per heavy atom. The summed E-state index contributed by atoms with van der Waals surface area (Å²) in [7, 11) is 0. The van der Waals surface area contributed by atoms with Gasteiger partial charge in [-0.2, -0.15) is 0 Å². The van der Waals surface area contributed by atoms with E-state index in [4.69, 9.17) is 5.11 Å². The predicted molar refractivity (Wildman–Crippen MR) is 77.7 cm³/mol. The molecule has 0 aliphatic carbocycles. The molecule has 0 aliphatic rings. The minimum atomic E-state index is -1.07. The highest BCUT2D eigenvalue weighted by molar-refractivity contribution is 6.07. The molecule has 0 unspecified atom stereocenters. The van der Waals surface area contributed by atoms with Crippen LogP contribution in [-0.4, -0.2) is 23.0 Å². The average molecular weight is 269 g/mol. The highest BCUT2D eigenvalue weighted by Gasteiger charge is 2.20. The predicted octanol–water partition coefficient (Wildman–Crippen LogP) is 2.60. The zero-order valence-electron chi connectivity index (χ0n) is 10.9. The maximum Gasteiger partial charge on any atom is 0.326 e. The number of carbonyl (C=O) groups excluding carboxylic acids is 1. The van der Waals surface area contributed by atoms with Crippen LogP contribution in [0.3, 0.4) is 0 Å². The maximum absolute atomic E-state index is 12.2. The second kappa shape index (κ2) is 6.02. The number of carboxylic acids is 1. The fourth-order valence-electron chi connectivity index (χ4n) is 2.05. The minimum absolute atomic E-state index is 0.186. The summed E-state index contributed by atoms with van der Waals surface area (Å²) < 4.78 is 0. The van der Waals surface area contributed by atoms with E-state index >= 15 is 0 Å². The summed E-state index contributed by atoms with van der Waals surface area (Å²) in [5, 5.41) is 13.3. The van der Waals surface area contributed by atoms with Gasteiger partial charge in [0.1, 0.15) is 6.04 Å². The molecule has 0 saturated heterocycles. The number of nitrogens with one attached hydrogen (secondary N) is 1. The fourth-order valence-corrected chi connectivity index (χ4v) is 2.05. The molecule has 0 fully saturated rings. The van der Waals surface area contributed by atoms with Crippen LogP contribution in [-0.2, 0) is 4.79 Å². The molecule has 4 heteroatoms. The third-order valence-corrected chi connectivity index (χ3v) is 3.04. The van der Waals surface area contributed by atoms with Crippen LogP contribution in [0.2, 0.25) is 0 Å². The second-order valence-corrected chi connectivity index (χ2v) is 4.42. The molecule has 2 N–H and O–H groups in total. The Morgan fingerprint density at radius 1 is 1.20 bits per heavy atom. The van der Waals surface area contributed by atoms with Gasteiger partial charge in [-0.25, -0.2) is 4.79 Å². The van der Waals surface area contributed by atoms with Crippen molar-refractivity contribution in [3.05, 3.63) is 60.7 Å². The maximum atomic E-state index is 12.2. The standard InChI is InChI=1S/C16H15NO3/c1-2-6-14(16(19)20)17-15(18)13-10-5-8-11-7-3-4-9-12(11)13/h2-5,7-10,14H,1,6H2,(H,17,18)(H,19,20)/t14-/m0/s1. The molecule has 0 spiro atoms. The number of aliphatic carboxylic acids is 1. The number of carbonyl (C=O) groups is 2. The molecule has 20 heavy (non-hydrogen) atoms. The molecule has 0 aliphatic heterocycles. The van der Waals surface area contributed by atoms with Gasteiger partial charge < -0.3 is 10.4 Å². The molecule has 1 atom stereocenters. The van der Waals surface area contributed by atoms with Crippen LogP contribution in [0.25, 0.3) is 10.8 Å². The quantitative estimate of drug-likeness (QED) is 0.820. The van der Waals surface area contributed by atoms with Gasteiger partial charge in [0.2, 0.25) is 0 Å². The van der Waals surface area contributed by atoms with E-state index in [0.29, 0.717) is 5.56 Å². The van der Waals surface area contributed by atoms with Crippen LogP contribution in [0.4, 0.5) is 0 Å². The number of benzene rings is 2.